The van der Waals surface area contributed by atoms with Gasteiger partial charge >= 0.3 is 0 Å². The Hall–Kier alpha value is -4.62. The summed E-state index contributed by atoms with van der Waals surface area (Å²) in [4.78, 5) is 4.92. The number of rotatable bonds is 10. The number of likely N-dealkylation sites (N-methyl/N-ethyl adjacent to an activating group) is 1. The van der Waals surface area contributed by atoms with E-state index in [1.807, 2.05) is 41.0 Å². The molecule has 0 aliphatic carbocycles. The topological polar surface area (TPSA) is 62.1 Å². The molecule has 1 atom stereocenters. The normalized spacial score (nSPS) is 14.5. The molecule has 1 aliphatic rings. The van der Waals surface area contributed by atoms with E-state index in [-0.39, 0.29) is 11.9 Å². The lowest BCUT2D eigenvalue weighted by molar-refractivity contribution is 0.271. The molecule has 1 aliphatic heterocycles. The third-order valence-electron chi connectivity index (χ3n) is 8.54. The molecule has 1 aromatic heterocycles. The van der Waals surface area contributed by atoms with Crippen molar-refractivity contribution in [3.63, 3.8) is 0 Å². The van der Waals surface area contributed by atoms with Gasteiger partial charge in [0.05, 0.1) is 20.3 Å². The molecule has 5 aromatic rings. The fourth-order valence-electron chi connectivity index (χ4n) is 6.16. The summed E-state index contributed by atoms with van der Waals surface area (Å²) in [6.07, 6.45) is 2.11. The maximum Gasteiger partial charge on any atom is 0.199 e. The first-order valence-electron chi connectivity index (χ1n) is 15.0. The van der Waals surface area contributed by atoms with E-state index in [0.717, 1.165) is 72.5 Å². The highest BCUT2D eigenvalue weighted by atomic mass is 16.5. The summed E-state index contributed by atoms with van der Waals surface area (Å²) >= 11 is 0. The van der Waals surface area contributed by atoms with Crippen LogP contribution in [0.25, 0.3) is 10.8 Å². The van der Waals surface area contributed by atoms with Gasteiger partial charge in [-0.05, 0) is 59.6 Å². The Bertz CT molecular complexity index is 1680. The van der Waals surface area contributed by atoms with Gasteiger partial charge in [-0.3, -0.25) is 0 Å². The summed E-state index contributed by atoms with van der Waals surface area (Å²) < 4.78 is 13.2. The minimum absolute atomic E-state index is 0.242. The molecule has 2 N–H and O–H groups in total. The minimum atomic E-state index is -0.310. The summed E-state index contributed by atoms with van der Waals surface area (Å²) in [5.74, 6) is 1.55. The summed E-state index contributed by atoms with van der Waals surface area (Å²) in [6, 6.07) is 30.7. The maximum atomic E-state index is 11.8. The Balaban J connectivity index is 1.43. The van der Waals surface area contributed by atoms with Gasteiger partial charge in [-0.2, -0.15) is 0 Å². The molecule has 1 unspecified atom stereocenters. The maximum absolute atomic E-state index is 11.8. The van der Waals surface area contributed by atoms with Gasteiger partial charge in [0, 0.05) is 61.1 Å². The number of fused-ring (bicyclic) bond motifs is 1. The molecular formula is C36H40N4O3. The number of piperazine rings is 1. The predicted octanol–water partition coefficient (Wildman–Crippen LogP) is 6.76. The highest BCUT2D eigenvalue weighted by molar-refractivity contribution is 5.98. The van der Waals surface area contributed by atoms with E-state index in [1.54, 1.807) is 14.2 Å². The van der Waals surface area contributed by atoms with Gasteiger partial charge in [-0.1, -0.05) is 61.5 Å². The highest BCUT2D eigenvalue weighted by Crippen LogP contribution is 2.42. The number of nitrogens with one attached hydrogen (secondary N) is 1. The van der Waals surface area contributed by atoms with Crippen molar-refractivity contribution in [3.05, 3.63) is 114 Å². The van der Waals surface area contributed by atoms with Crippen molar-refractivity contribution >= 4 is 22.1 Å². The average molecular weight is 577 g/mol. The van der Waals surface area contributed by atoms with Crippen LogP contribution in [0.3, 0.4) is 0 Å². The number of nitrogens with zero attached hydrogens (tertiary/aromatic N) is 3. The Kier molecular flexibility index (Phi) is 8.43. The third kappa shape index (κ3) is 5.86. The number of benzene rings is 4. The number of aromatic hydroxyl groups is 1. The van der Waals surface area contributed by atoms with E-state index in [2.05, 4.69) is 82.8 Å². The van der Waals surface area contributed by atoms with Crippen LogP contribution in [0.1, 0.15) is 29.7 Å². The van der Waals surface area contributed by atoms with Crippen LogP contribution < -0.4 is 19.7 Å². The first-order chi connectivity index (χ1) is 21.1. The Morgan fingerprint density at radius 2 is 1.51 bits per heavy atom. The van der Waals surface area contributed by atoms with Crippen LogP contribution in [-0.2, 0) is 6.54 Å². The summed E-state index contributed by atoms with van der Waals surface area (Å²) in [6.45, 7) is 8.02. The number of anilines is 2. The van der Waals surface area contributed by atoms with Crippen molar-refractivity contribution in [1.29, 1.82) is 0 Å². The molecule has 0 spiro atoms. The fourth-order valence-corrected chi connectivity index (χ4v) is 6.16. The zero-order chi connectivity index (χ0) is 29.8. The Morgan fingerprint density at radius 3 is 2.26 bits per heavy atom. The third-order valence-corrected chi connectivity index (χ3v) is 8.54. The lowest BCUT2D eigenvalue weighted by Gasteiger charge is -2.35. The second-order valence-corrected chi connectivity index (χ2v) is 11.0. The van der Waals surface area contributed by atoms with Crippen LogP contribution in [0.2, 0.25) is 0 Å². The van der Waals surface area contributed by atoms with Crippen molar-refractivity contribution in [2.45, 2.75) is 19.5 Å². The first kappa shape index (κ1) is 28.5. The molecule has 6 rings (SSSR count). The molecular weight excluding hydrogens is 536 g/mol. The van der Waals surface area contributed by atoms with Gasteiger partial charge in [0.15, 0.2) is 17.4 Å². The predicted molar refractivity (Wildman–Crippen MR) is 175 cm³/mol. The Labute approximate surface area is 253 Å². The molecule has 7 heteroatoms. The Morgan fingerprint density at radius 1 is 0.767 bits per heavy atom. The van der Waals surface area contributed by atoms with Crippen molar-refractivity contribution in [1.82, 2.24) is 9.47 Å². The molecule has 2 heterocycles. The molecule has 4 aromatic carbocycles. The second kappa shape index (κ2) is 12.7. The zero-order valence-electron chi connectivity index (χ0n) is 25.2. The van der Waals surface area contributed by atoms with Crippen molar-refractivity contribution in [2.75, 3.05) is 57.2 Å². The van der Waals surface area contributed by atoms with Crippen LogP contribution in [-0.4, -0.2) is 61.5 Å². The van der Waals surface area contributed by atoms with E-state index < -0.39 is 0 Å². The molecule has 7 nitrogen and oxygen atoms in total. The smallest absolute Gasteiger partial charge is 0.199 e. The van der Waals surface area contributed by atoms with Gasteiger partial charge < -0.3 is 34.3 Å². The molecule has 1 fully saturated rings. The molecule has 43 heavy (non-hydrogen) atoms. The van der Waals surface area contributed by atoms with Crippen LogP contribution in [0, 0.1) is 0 Å². The average Bonchev–Trinajstić information content (AvgIpc) is 3.40. The van der Waals surface area contributed by atoms with Gasteiger partial charge in [-0.25, -0.2) is 0 Å². The quantitative estimate of drug-likeness (QED) is 0.192. The van der Waals surface area contributed by atoms with Gasteiger partial charge in [0.2, 0.25) is 0 Å². The lowest BCUT2D eigenvalue weighted by atomic mass is 9.97. The van der Waals surface area contributed by atoms with Crippen LogP contribution >= 0.6 is 0 Å². The molecule has 222 valence electrons. The number of methoxy groups -OCH3 is 2. The molecule has 0 saturated carbocycles. The van der Waals surface area contributed by atoms with E-state index in [1.165, 1.54) is 5.56 Å². The van der Waals surface area contributed by atoms with Crippen LogP contribution in [0.15, 0.2) is 97.2 Å². The molecule has 0 radical (unpaired) electrons. The highest BCUT2D eigenvalue weighted by Gasteiger charge is 2.25. The summed E-state index contributed by atoms with van der Waals surface area (Å²) in [7, 11) is 3.29. The van der Waals surface area contributed by atoms with E-state index >= 15 is 0 Å². The summed E-state index contributed by atoms with van der Waals surface area (Å²) in [5, 5.41) is 17.3. The fraction of sp³-hybridized carbons (Fsp3) is 0.278. The lowest BCUT2D eigenvalue weighted by Crippen LogP contribution is -2.46. The summed E-state index contributed by atoms with van der Waals surface area (Å²) in [5.41, 5.74) is 5.40. The second-order valence-electron chi connectivity index (χ2n) is 11.0. The number of hydrogen-bond donors (Lipinski definition) is 2. The van der Waals surface area contributed by atoms with Crippen molar-refractivity contribution < 1.29 is 14.6 Å². The standard InChI is InChI=1S/C36H40N4O3/c1-4-38-18-20-39(21-19-38)32-15-9-14-30-31(32)25-40(36(30)41)35(28-16-17-33(42-2)34(23-28)43-3)27-12-8-13-29(22-27)37-24-26-10-6-5-7-11-26/h5-17,22-23,25,35,37,41H,4,18-21,24H2,1-3H3. The van der Waals surface area contributed by atoms with E-state index in [0.29, 0.717) is 11.5 Å². The molecule has 0 bridgehead atoms. The largest absolute Gasteiger partial charge is 0.494 e. The van der Waals surface area contributed by atoms with Gasteiger partial charge in [-0.15, -0.1) is 0 Å². The number of hydrogen-bond acceptors (Lipinski definition) is 6. The van der Waals surface area contributed by atoms with E-state index in [9.17, 15) is 5.11 Å². The van der Waals surface area contributed by atoms with E-state index in [4.69, 9.17) is 9.47 Å². The number of ether oxygens (including phenoxy) is 2. The van der Waals surface area contributed by atoms with Crippen LogP contribution in [0.5, 0.6) is 17.4 Å². The van der Waals surface area contributed by atoms with Crippen LogP contribution in [0.4, 0.5) is 11.4 Å². The van der Waals surface area contributed by atoms with Gasteiger partial charge in [0.1, 0.15) is 0 Å². The monoisotopic (exact) mass is 576 g/mol. The van der Waals surface area contributed by atoms with Crippen molar-refractivity contribution in [2.24, 2.45) is 0 Å². The number of aromatic nitrogens is 1. The minimum Gasteiger partial charge on any atom is -0.494 e. The zero-order valence-corrected chi connectivity index (χ0v) is 25.2. The molecule has 0 amide bonds. The van der Waals surface area contributed by atoms with Gasteiger partial charge in [0.25, 0.3) is 0 Å². The van der Waals surface area contributed by atoms with Crippen molar-refractivity contribution in [3.8, 4) is 17.4 Å². The first-order valence-corrected chi connectivity index (χ1v) is 15.0. The SMILES string of the molecule is CCN1CCN(c2cccc3c(O)n(C(c4cccc(NCc5ccccc5)c4)c4ccc(OC)c(OC)c4)cc23)CC1. The molecule has 1 saturated heterocycles.